The van der Waals surface area contributed by atoms with Crippen molar-refractivity contribution in [1.29, 1.82) is 0 Å². The summed E-state index contributed by atoms with van der Waals surface area (Å²) in [6.45, 7) is 20.4. The Morgan fingerprint density at radius 1 is 1.12 bits per heavy atom. The van der Waals surface area contributed by atoms with Crippen LogP contribution in [0.25, 0.3) is 22.2 Å². The number of likely N-dealkylation sites (N-methyl/N-ethyl adjacent to an activating group) is 1. The third-order valence-corrected chi connectivity index (χ3v) is 20.0. The first-order chi connectivity index (χ1) is 36.0. The van der Waals surface area contributed by atoms with E-state index in [2.05, 4.69) is 82.1 Å². The number of quaternary nitrogens is 1. The number of thioether (sulfide) groups is 2. The molecule has 2 aromatic heterocycles. The second kappa shape index (κ2) is 21.3. The number of nitrogens with one attached hydrogen (secondary N) is 2. The van der Waals surface area contributed by atoms with Crippen LogP contribution in [-0.4, -0.2) is 196 Å². The Hall–Kier alpha value is -4.48. The largest absolute Gasteiger partial charge is 0.464 e. The van der Waals surface area contributed by atoms with E-state index in [-0.39, 0.29) is 47.2 Å². The molecule has 1 aromatic carbocycles. The van der Waals surface area contributed by atoms with Crippen molar-refractivity contribution in [3.63, 3.8) is 0 Å². The van der Waals surface area contributed by atoms with Gasteiger partial charge in [0.25, 0.3) is 5.91 Å². The summed E-state index contributed by atoms with van der Waals surface area (Å²) in [6.07, 6.45) is 6.47. The molecule has 2 spiro atoms. The fraction of sp³-hybridized carbons (Fsp3) is 0.636. The number of fused-ring (bicyclic) bond motifs is 6. The van der Waals surface area contributed by atoms with Crippen LogP contribution in [0.3, 0.4) is 0 Å². The molecule has 3 radical (unpaired) electrons. The number of cyclic esters (lactones) is 1. The Morgan fingerprint density at radius 3 is 2.54 bits per heavy atom. The maximum atomic E-state index is 15.5. The van der Waals surface area contributed by atoms with Gasteiger partial charge in [-0.3, -0.25) is 34.1 Å². The van der Waals surface area contributed by atoms with Crippen LogP contribution in [0.2, 0.25) is 0 Å². The summed E-state index contributed by atoms with van der Waals surface area (Å²) in [5.41, 5.74) is 6.96. The first kappa shape index (κ1) is 56.2. The number of benzene rings is 1. The van der Waals surface area contributed by atoms with E-state index in [1.807, 2.05) is 39.3 Å². The Kier molecular flexibility index (Phi) is 15.8. The molecule has 21 heteroatoms. The smallest absolute Gasteiger partial charge is 0.419 e. The SMILES string of the molecule is C=CC(=O)N1CCOC2(C1)CN(C(=O)[N+](C)(C)[C@H](C(=O)N[C@@H]1SC[C@@]13C[C@H]1CN(CCO1)c1ccc4c(c1)c(c(-c1cccnc1[C@](C)(OC)SC)n4CC)CC(C)(C)COC(=O)[C@@]1([Si])CCCN(N1)C3=O)C(C)C)C2. The summed E-state index contributed by atoms with van der Waals surface area (Å²) in [5, 5.41) is 3.85. The maximum Gasteiger partial charge on any atom is 0.419 e. The number of rotatable bonds is 10. The van der Waals surface area contributed by atoms with Crippen molar-refractivity contribution in [1.82, 2.24) is 35.1 Å². The van der Waals surface area contributed by atoms with Gasteiger partial charge in [-0.25, -0.2) is 14.7 Å². The molecule has 6 aliphatic heterocycles. The number of hydrogen-bond acceptors (Lipinski definition) is 14. The Balaban J connectivity index is 1.05. The van der Waals surface area contributed by atoms with Gasteiger partial charge in [0.15, 0.2) is 11.0 Å². The lowest BCUT2D eigenvalue weighted by atomic mass is 9.80. The van der Waals surface area contributed by atoms with Crippen LogP contribution in [0.5, 0.6) is 0 Å². The molecule has 18 nitrogen and oxygen atoms in total. The Bertz CT molecular complexity index is 2760. The summed E-state index contributed by atoms with van der Waals surface area (Å²) in [7, 11) is 9.05. The molecule has 0 unspecified atom stereocenters. The molecule has 0 saturated carbocycles. The number of morpholine rings is 2. The van der Waals surface area contributed by atoms with Crippen LogP contribution >= 0.6 is 23.5 Å². The molecule has 6 bridgehead atoms. The van der Waals surface area contributed by atoms with E-state index >= 15 is 4.79 Å². The third-order valence-electron chi connectivity index (χ3n) is 16.7. The highest BCUT2D eigenvalue weighted by atomic mass is 32.2. The van der Waals surface area contributed by atoms with Crippen molar-refractivity contribution in [3.05, 3.63) is 60.4 Å². The standard InChI is InChI=1S/C55H76N9O9S2Si/c1-12-42(65)60-23-25-73-53(30-60)31-61(32-53)50(69)64(8,9)44(35(3)4)46(66)57-47-54(34-75-47)27-37-29-59(22-24-71-37)36-17-18-41-39(26-36)40(43(62(41)13-2)38-16-14-20-56-45(38)52(7,70-10)74-11)28-51(5,6)33-72-49(68)55(76)19-15-21-63(58-55)48(54)67/h12,14,16-18,20,26,35,37,44,47,58H,1,13,15,19,21-25,27-34H2,2-11H3/p+1/t37-,44-,47+,52+,54-,55-/m0/s1. The lowest BCUT2D eigenvalue weighted by Crippen LogP contribution is -2.76. The molecule has 0 aliphatic carbocycles. The van der Waals surface area contributed by atoms with Crippen molar-refractivity contribution in [3.8, 4) is 11.3 Å². The van der Waals surface area contributed by atoms with E-state index in [4.69, 9.17) is 23.9 Å². The van der Waals surface area contributed by atoms with Gasteiger partial charge in [-0.15, -0.1) is 23.5 Å². The lowest BCUT2D eigenvalue weighted by Gasteiger charge is -2.55. The van der Waals surface area contributed by atoms with Crippen molar-refractivity contribution < 1.29 is 47.4 Å². The van der Waals surface area contributed by atoms with E-state index in [0.29, 0.717) is 90.6 Å². The Morgan fingerprint density at radius 2 is 1.87 bits per heavy atom. The van der Waals surface area contributed by atoms with Gasteiger partial charge in [0, 0.05) is 85.3 Å². The number of esters is 1. The Labute approximate surface area is 459 Å². The molecule has 2 N–H and O–H groups in total. The van der Waals surface area contributed by atoms with Crippen molar-refractivity contribution in [2.24, 2.45) is 16.7 Å². The molecule has 3 aromatic rings. The van der Waals surface area contributed by atoms with Crippen LogP contribution in [0.4, 0.5) is 10.5 Å². The molecule has 5 fully saturated rings. The molecular weight excluding hydrogens is 1020 g/mol. The molecule has 9 rings (SSSR count). The average Bonchev–Trinajstić information content (AvgIpc) is 3.71. The van der Waals surface area contributed by atoms with Gasteiger partial charge in [0.2, 0.25) is 11.8 Å². The summed E-state index contributed by atoms with van der Waals surface area (Å²) < 4.78 is 27.3. The monoisotopic (exact) mass is 1100 g/mol. The number of aryl methyl sites for hydroxylation is 1. The van der Waals surface area contributed by atoms with Crippen molar-refractivity contribution in [2.75, 3.05) is 104 Å². The van der Waals surface area contributed by atoms with Crippen molar-refractivity contribution >= 4 is 80.1 Å². The van der Waals surface area contributed by atoms with Crippen molar-refractivity contribution in [2.45, 2.75) is 107 Å². The average molecular weight is 1100 g/mol. The van der Waals surface area contributed by atoms with Crippen LogP contribution in [0.1, 0.15) is 72.1 Å². The zero-order chi connectivity index (χ0) is 54.8. The van der Waals surface area contributed by atoms with Crippen LogP contribution in [0.15, 0.2) is 49.2 Å². The molecule has 6 aliphatic rings. The van der Waals surface area contributed by atoms with Crippen LogP contribution < -0.4 is 15.6 Å². The number of methoxy groups -OCH3 is 1. The first-order valence-electron chi connectivity index (χ1n) is 26.7. The van der Waals surface area contributed by atoms with E-state index in [1.54, 1.807) is 47.8 Å². The number of aromatic nitrogens is 2. The number of hydrogen-bond donors (Lipinski definition) is 2. The summed E-state index contributed by atoms with van der Waals surface area (Å²) in [6, 6.07) is 9.68. The van der Waals surface area contributed by atoms with E-state index < -0.39 is 50.0 Å². The normalized spacial score (nSPS) is 27.1. The maximum absolute atomic E-state index is 15.5. The summed E-state index contributed by atoms with van der Waals surface area (Å²) in [5.74, 6) is -1.17. The lowest BCUT2D eigenvalue weighted by molar-refractivity contribution is -0.834. The van der Waals surface area contributed by atoms with Gasteiger partial charge in [-0.05, 0) is 87.8 Å². The molecule has 5 saturated heterocycles. The fourth-order valence-corrected chi connectivity index (χ4v) is 14.9. The minimum atomic E-state index is -1.40. The van der Waals surface area contributed by atoms with Gasteiger partial charge < -0.3 is 38.6 Å². The van der Waals surface area contributed by atoms with Gasteiger partial charge in [0.1, 0.15) is 10.8 Å². The minimum Gasteiger partial charge on any atom is -0.464 e. The highest BCUT2D eigenvalue weighted by Crippen LogP contribution is 2.51. The highest BCUT2D eigenvalue weighted by Gasteiger charge is 2.61. The number of urea groups is 1. The number of nitrogens with zero attached hydrogens (tertiary/aromatic N) is 7. The molecular formula is C55H77N9O9S2Si+. The summed E-state index contributed by atoms with van der Waals surface area (Å²) >= 11 is 3.08. The minimum absolute atomic E-state index is 0.0993. The van der Waals surface area contributed by atoms with Gasteiger partial charge in [-0.2, -0.15) is 0 Å². The van der Waals surface area contributed by atoms with E-state index in [0.717, 1.165) is 39.1 Å². The predicted octanol–water partition coefficient (Wildman–Crippen LogP) is 5.11. The first-order valence-corrected chi connectivity index (χ1v) is 29.5. The van der Waals surface area contributed by atoms with Gasteiger partial charge >= 0.3 is 12.0 Å². The predicted molar refractivity (Wildman–Crippen MR) is 296 cm³/mol. The number of ether oxygens (including phenoxy) is 4. The topological polar surface area (TPSA) is 177 Å². The quantitative estimate of drug-likeness (QED) is 0.0901. The van der Waals surface area contributed by atoms with E-state index in [1.165, 1.54) is 17.8 Å². The number of carbonyl (C=O) groups excluding carboxylic acids is 5. The molecule has 411 valence electrons. The highest BCUT2D eigenvalue weighted by molar-refractivity contribution is 8.01. The van der Waals surface area contributed by atoms with Gasteiger partial charge in [-0.1, -0.05) is 34.3 Å². The number of carbonyl (C=O) groups is 5. The van der Waals surface area contributed by atoms with Crippen LogP contribution in [0, 0.1) is 16.7 Å². The fourth-order valence-electron chi connectivity index (χ4n) is 12.6. The molecule has 5 amide bonds. The number of amides is 5. The number of pyridine rings is 1. The zero-order valence-corrected chi connectivity index (χ0v) is 48.6. The molecule has 76 heavy (non-hydrogen) atoms. The summed E-state index contributed by atoms with van der Waals surface area (Å²) in [4.78, 5) is 81.9. The zero-order valence-electron chi connectivity index (χ0n) is 46.0. The van der Waals surface area contributed by atoms with Gasteiger partial charge in [0.05, 0.1) is 92.1 Å². The molecule has 8 heterocycles. The van der Waals surface area contributed by atoms with E-state index in [9.17, 15) is 19.2 Å². The second-order valence-corrected chi connectivity index (χ2v) is 26.5. The molecule has 6 atom stereocenters. The third kappa shape index (κ3) is 10.1. The second-order valence-electron chi connectivity index (χ2n) is 23.4. The number of hydrazine groups is 1. The van der Waals surface area contributed by atoms with Crippen LogP contribution in [-0.2, 0) is 56.0 Å². The number of anilines is 1. The number of likely N-dealkylation sites (tertiary alicyclic amines) is 1.